The Morgan fingerprint density at radius 2 is 2.31 bits per heavy atom. The highest BCUT2D eigenvalue weighted by Crippen LogP contribution is 2.27. The second kappa shape index (κ2) is 4.37. The summed E-state index contributed by atoms with van der Waals surface area (Å²) >= 11 is 5.92. The lowest BCUT2D eigenvalue weighted by molar-refractivity contribution is 0.322. The minimum atomic E-state index is 0.290. The van der Waals surface area contributed by atoms with E-state index in [-0.39, 0.29) is 0 Å². The fourth-order valence-electron chi connectivity index (χ4n) is 1.49. The second-order valence-electron chi connectivity index (χ2n) is 3.14. The first-order chi connectivity index (χ1) is 7.76. The molecular weight excluding hydrogens is 228 g/mol. The molecule has 0 spiro atoms. The monoisotopic (exact) mass is 236 g/mol. The molecule has 0 amide bonds. The van der Waals surface area contributed by atoms with Gasteiger partial charge in [-0.05, 0) is 18.2 Å². The number of hydrogen-bond acceptors (Lipinski definition) is 4. The van der Waals surface area contributed by atoms with E-state index in [1.807, 2.05) is 18.2 Å². The van der Waals surface area contributed by atoms with Crippen molar-refractivity contribution >= 4 is 28.7 Å². The van der Waals surface area contributed by atoms with Crippen molar-refractivity contribution in [3.8, 4) is 5.75 Å². The van der Waals surface area contributed by atoms with Gasteiger partial charge >= 0.3 is 0 Å². The average Bonchev–Trinajstić information content (AvgIpc) is 2.29. The van der Waals surface area contributed by atoms with Crippen molar-refractivity contribution in [2.24, 2.45) is 5.16 Å². The molecular formula is C11H9ClN2O2. The van der Waals surface area contributed by atoms with E-state index in [0.29, 0.717) is 16.5 Å². The largest absolute Gasteiger partial charge is 0.496 e. The normalized spacial score (nSPS) is 11.1. The summed E-state index contributed by atoms with van der Waals surface area (Å²) in [6.45, 7) is 0. The quantitative estimate of drug-likeness (QED) is 0.378. The highest BCUT2D eigenvalue weighted by Gasteiger charge is 2.06. The number of halogens is 1. The number of fused-ring (bicyclic) bond motifs is 1. The van der Waals surface area contributed by atoms with Crippen LogP contribution in [0.3, 0.4) is 0 Å². The van der Waals surface area contributed by atoms with Gasteiger partial charge in [0.15, 0.2) is 0 Å². The Balaban J connectivity index is 2.75. The molecule has 1 aromatic carbocycles. The molecule has 16 heavy (non-hydrogen) atoms. The Kier molecular flexibility index (Phi) is 2.92. The Labute approximate surface area is 97.1 Å². The molecule has 0 saturated heterocycles. The maximum Gasteiger partial charge on any atom is 0.138 e. The number of aromatic nitrogens is 1. The number of hydrogen-bond donors (Lipinski definition) is 1. The molecule has 1 N–H and O–H groups in total. The number of methoxy groups -OCH3 is 1. The standard InChI is InChI=1S/C11H9ClN2O2/c1-16-10-4-2-3-9-8(10)5-7(6-13-15)11(12)14-9/h2-6,15H,1H3. The van der Waals surface area contributed by atoms with Crippen molar-refractivity contribution in [3.63, 3.8) is 0 Å². The van der Waals surface area contributed by atoms with Gasteiger partial charge < -0.3 is 9.94 Å². The molecule has 0 aliphatic rings. The smallest absolute Gasteiger partial charge is 0.138 e. The highest BCUT2D eigenvalue weighted by atomic mass is 35.5. The molecule has 0 atom stereocenters. The van der Waals surface area contributed by atoms with Crippen LogP contribution < -0.4 is 4.74 Å². The first-order valence-electron chi connectivity index (χ1n) is 4.57. The summed E-state index contributed by atoms with van der Waals surface area (Å²) < 4.78 is 5.21. The van der Waals surface area contributed by atoms with Crippen molar-refractivity contribution in [3.05, 3.63) is 35.0 Å². The molecule has 0 aliphatic carbocycles. The number of oxime groups is 1. The van der Waals surface area contributed by atoms with E-state index < -0.39 is 0 Å². The van der Waals surface area contributed by atoms with Gasteiger partial charge in [-0.15, -0.1) is 0 Å². The van der Waals surface area contributed by atoms with E-state index in [9.17, 15) is 0 Å². The van der Waals surface area contributed by atoms with Gasteiger partial charge in [-0.2, -0.15) is 0 Å². The van der Waals surface area contributed by atoms with E-state index in [0.717, 1.165) is 10.9 Å². The van der Waals surface area contributed by atoms with Crippen LogP contribution in [0, 0.1) is 0 Å². The summed E-state index contributed by atoms with van der Waals surface area (Å²) in [5, 5.41) is 12.5. The van der Waals surface area contributed by atoms with E-state index >= 15 is 0 Å². The third-order valence-corrected chi connectivity index (χ3v) is 2.52. The fraction of sp³-hybridized carbons (Fsp3) is 0.0909. The minimum Gasteiger partial charge on any atom is -0.496 e. The van der Waals surface area contributed by atoms with Crippen LogP contribution in [0.2, 0.25) is 5.15 Å². The van der Waals surface area contributed by atoms with Crippen LogP contribution in [0.1, 0.15) is 5.56 Å². The van der Waals surface area contributed by atoms with Gasteiger partial charge in [-0.25, -0.2) is 4.98 Å². The van der Waals surface area contributed by atoms with Crippen LogP contribution in [0.4, 0.5) is 0 Å². The SMILES string of the molecule is COc1cccc2nc(Cl)c(C=NO)cc12. The minimum absolute atomic E-state index is 0.290. The van der Waals surface area contributed by atoms with E-state index in [1.165, 1.54) is 6.21 Å². The lowest BCUT2D eigenvalue weighted by Gasteiger charge is -2.06. The van der Waals surface area contributed by atoms with Crippen LogP contribution in [-0.2, 0) is 0 Å². The summed E-state index contributed by atoms with van der Waals surface area (Å²) in [5.41, 5.74) is 1.28. The molecule has 5 heteroatoms. The maximum atomic E-state index is 8.49. The van der Waals surface area contributed by atoms with Crippen molar-refractivity contribution in [2.45, 2.75) is 0 Å². The first-order valence-corrected chi connectivity index (χ1v) is 4.94. The zero-order valence-corrected chi connectivity index (χ0v) is 9.27. The lowest BCUT2D eigenvalue weighted by Crippen LogP contribution is -1.91. The molecule has 1 heterocycles. The second-order valence-corrected chi connectivity index (χ2v) is 3.50. The van der Waals surface area contributed by atoms with Crippen LogP contribution in [0.25, 0.3) is 10.9 Å². The van der Waals surface area contributed by atoms with E-state index in [1.54, 1.807) is 13.2 Å². The number of benzene rings is 1. The van der Waals surface area contributed by atoms with Gasteiger partial charge in [0, 0.05) is 10.9 Å². The molecule has 82 valence electrons. The van der Waals surface area contributed by atoms with Crippen molar-refractivity contribution < 1.29 is 9.94 Å². The van der Waals surface area contributed by atoms with Gasteiger partial charge in [0.05, 0.1) is 18.8 Å². The zero-order chi connectivity index (χ0) is 11.5. The lowest BCUT2D eigenvalue weighted by atomic mass is 10.1. The van der Waals surface area contributed by atoms with E-state index in [4.69, 9.17) is 21.5 Å². The first kappa shape index (κ1) is 10.7. The van der Waals surface area contributed by atoms with E-state index in [2.05, 4.69) is 10.1 Å². The third kappa shape index (κ3) is 1.79. The molecule has 2 rings (SSSR count). The summed E-state index contributed by atoms with van der Waals surface area (Å²) in [7, 11) is 1.59. The Hall–Kier alpha value is -1.81. The molecule has 0 bridgehead atoms. The molecule has 0 unspecified atom stereocenters. The predicted molar refractivity (Wildman–Crippen MR) is 62.7 cm³/mol. The summed E-state index contributed by atoms with van der Waals surface area (Å²) in [5.74, 6) is 0.703. The van der Waals surface area contributed by atoms with Gasteiger partial charge in [0.25, 0.3) is 0 Å². The zero-order valence-electron chi connectivity index (χ0n) is 8.51. The van der Waals surface area contributed by atoms with Crippen LogP contribution >= 0.6 is 11.6 Å². The van der Waals surface area contributed by atoms with Crippen molar-refractivity contribution in [1.82, 2.24) is 4.98 Å². The van der Waals surface area contributed by atoms with Crippen molar-refractivity contribution in [1.29, 1.82) is 0 Å². The summed E-state index contributed by atoms with van der Waals surface area (Å²) in [4.78, 5) is 4.19. The van der Waals surface area contributed by atoms with Gasteiger partial charge in [-0.3, -0.25) is 0 Å². The molecule has 0 radical (unpaired) electrons. The average molecular weight is 237 g/mol. The van der Waals surface area contributed by atoms with Gasteiger partial charge in [0.1, 0.15) is 10.9 Å². The number of rotatable bonds is 2. The van der Waals surface area contributed by atoms with Crippen LogP contribution in [0.5, 0.6) is 5.75 Å². The molecule has 4 nitrogen and oxygen atoms in total. The Bertz CT molecular complexity index is 555. The Morgan fingerprint density at radius 1 is 1.50 bits per heavy atom. The summed E-state index contributed by atoms with van der Waals surface area (Å²) in [6.07, 6.45) is 1.24. The summed E-state index contributed by atoms with van der Waals surface area (Å²) in [6, 6.07) is 7.27. The Morgan fingerprint density at radius 3 is 3.00 bits per heavy atom. The van der Waals surface area contributed by atoms with Crippen LogP contribution in [-0.4, -0.2) is 23.5 Å². The third-order valence-electron chi connectivity index (χ3n) is 2.22. The number of nitrogens with zero attached hydrogens (tertiary/aromatic N) is 2. The van der Waals surface area contributed by atoms with Crippen LogP contribution in [0.15, 0.2) is 29.4 Å². The topological polar surface area (TPSA) is 54.7 Å². The highest BCUT2D eigenvalue weighted by molar-refractivity contribution is 6.32. The maximum absolute atomic E-state index is 8.49. The number of ether oxygens (including phenoxy) is 1. The molecule has 2 aromatic rings. The predicted octanol–water partition coefficient (Wildman–Crippen LogP) is 2.70. The molecule has 1 aromatic heterocycles. The van der Waals surface area contributed by atoms with Crippen molar-refractivity contribution in [2.75, 3.05) is 7.11 Å². The molecule has 0 aliphatic heterocycles. The fourth-order valence-corrected chi connectivity index (χ4v) is 1.69. The van der Waals surface area contributed by atoms with Gasteiger partial charge in [0.2, 0.25) is 0 Å². The number of pyridine rings is 1. The molecule has 0 fully saturated rings. The molecule has 0 saturated carbocycles. The van der Waals surface area contributed by atoms with Gasteiger partial charge in [-0.1, -0.05) is 22.8 Å².